The standard InChI is InChI=1S/C12H15ClN2O2S2/c1-8-2-3-9-10(7-14)12(18-11(9)6-8)15-19(16,17)5-4-13/h8,15H,2-6H2,1H3. The topological polar surface area (TPSA) is 70.0 Å². The van der Waals surface area contributed by atoms with Crippen LogP contribution in [0.25, 0.3) is 0 Å². The maximum Gasteiger partial charge on any atom is 0.234 e. The highest BCUT2D eigenvalue weighted by molar-refractivity contribution is 7.93. The number of sulfonamides is 1. The molecule has 0 radical (unpaired) electrons. The van der Waals surface area contributed by atoms with Crippen LogP contribution in [0.5, 0.6) is 0 Å². The summed E-state index contributed by atoms with van der Waals surface area (Å²) < 4.78 is 26.0. The van der Waals surface area contributed by atoms with Gasteiger partial charge in [-0.3, -0.25) is 4.72 Å². The molecule has 1 unspecified atom stereocenters. The highest BCUT2D eigenvalue weighted by atomic mass is 35.5. The second-order valence-corrected chi connectivity index (χ2v) is 8.10. The molecular weight excluding hydrogens is 304 g/mol. The normalized spacial score (nSPS) is 18.7. The minimum absolute atomic E-state index is 0.0410. The second kappa shape index (κ2) is 5.70. The van der Waals surface area contributed by atoms with Crippen LogP contribution in [0.15, 0.2) is 0 Å². The van der Waals surface area contributed by atoms with E-state index >= 15 is 0 Å². The molecule has 1 atom stereocenters. The molecule has 1 heterocycles. The predicted molar refractivity (Wildman–Crippen MR) is 78.4 cm³/mol. The summed E-state index contributed by atoms with van der Waals surface area (Å²) >= 11 is 6.85. The van der Waals surface area contributed by atoms with Gasteiger partial charge < -0.3 is 0 Å². The number of hydrogen-bond donors (Lipinski definition) is 1. The number of alkyl halides is 1. The molecule has 1 aliphatic rings. The van der Waals surface area contributed by atoms with Gasteiger partial charge in [0.15, 0.2) is 0 Å². The number of nitrogens with zero attached hydrogens (tertiary/aromatic N) is 1. The number of thiophene rings is 1. The molecule has 0 amide bonds. The van der Waals surface area contributed by atoms with E-state index in [-0.39, 0.29) is 11.6 Å². The Bertz CT molecular complexity index is 616. The van der Waals surface area contributed by atoms with Crippen molar-refractivity contribution < 1.29 is 8.42 Å². The summed E-state index contributed by atoms with van der Waals surface area (Å²) in [4.78, 5) is 1.14. The summed E-state index contributed by atoms with van der Waals surface area (Å²) in [6.07, 6.45) is 2.82. The van der Waals surface area contributed by atoms with Crippen LogP contribution in [-0.2, 0) is 22.9 Å². The Morgan fingerprint density at radius 1 is 1.58 bits per heavy atom. The molecule has 104 valence electrons. The Hall–Kier alpha value is -0.770. The third-order valence-corrected chi connectivity index (χ3v) is 6.19. The molecule has 0 fully saturated rings. The van der Waals surface area contributed by atoms with Crippen molar-refractivity contribution in [1.82, 2.24) is 0 Å². The van der Waals surface area contributed by atoms with Crippen molar-refractivity contribution in [3.05, 3.63) is 16.0 Å². The Morgan fingerprint density at radius 3 is 2.95 bits per heavy atom. The minimum atomic E-state index is -3.45. The first-order valence-electron chi connectivity index (χ1n) is 6.08. The van der Waals surface area contributed by atoms with Crippen LogP contribution in [0, 0.1) is 17.2 Å². The van der Waals surface area contributed by atoms with E-state index in [0.29, 0.717) is 16.5 Å². The molecule has 4 nitrogen and oxygen atoms in total. The molecule has 0 bridgehead atoms. The van der Waals surface area contributed by atoms with E-state index in [2.05, 4.69) is 17.7 Å². The maximum absolute atomic E-state index is 11.7. The van der Waals surface area contributed by atoms with Crippen LogP contribution in [0.4, 0.5) is 5.00 Å². The van der Waals surface area contributed by atoms with Gasteiger partial charge in [0.1, 0.15) is 11.1 Å². The molecule has 0 spiro atoms. The first kappa shape index (κ1) is 14.6. The molecule has 2 rings (SSSR count). The summed E-state index contributed by atoms with van der Waals surface area (Å²) in [6, 6.07) is 2.13. The number of nitrogens with one attached hydrogen (secondary N) is 1. The first-order valence-corrected chi connectivity index (χ1v) is 9.08. The van der Waals surface area contributed by atoms with Crippen LogP contribution in [-0.4, -0.2) is 20.1 Å². The number of fused-ring (bicyclic) bond motifs is 1. The van der Waals surface area contributed by atoms with Gasteiger partial charge >= 0.3 is 0 Å². The van der Waals surface area contributed by atoms with Crippen molar-refractivity contribution >= 4 is 38.0 Å². The van der Waals surface area contributed by atoms with Crippen molar-refractivity contribution in [1.29, 1.82) is 5.26 Å². The zero-order valence-corrected chi connectivity index (χ0v) is 13.0. The highest BCUT2D eigenvalue weighted by Crippen LogP contribution is 2.39. The lowest BCUT2D eigenvalue weighted by molar-refractivity contribution is 0.507. The molecule has 19 heavy (non-hydrogen) atoms. The fourth-order valence-electron chi connectivity index (χ4n) is 2.23. The monoisotopic (exact) mass is 318 g/mol. The highest BCUT2D eigenvalue weighted by Gasteiger charge is 2.25. The third-order valence-electron chi connectivity index (χ3n) is 3.22. The fraction of sp³-hybridized carbons (Fsp3) is 0.583. The number of rotatable bonds is 4. The first-order chi connectivity index (χ1) is 8.96. The predicted octanol–water partition coefficient (Wildman–Crippen LogP) is 2.73. The second-order valence-electron chi connectivity index (χ2n) is 4.78. The summed E-state index contributed by atoms with van der Waals surface area (Å²) in [5, 5.41) is 9.70. The summed E-state index contributed by atoms with van der Waals surface area (Å²) in [6.45, 7) is 2.17. The van der Waals surface area contributed by atoms with E-state index in [1.165, 1.54) is 11.3 Å². The number of hydrogen-bond acceptors (Lipinski definition) is 4. The van der Waals surface area contributed by atoms with Gasteiger partial charge in [-0.25, -0.2) is 8.42 Å². The van der Waals surface area contributed by atoms with E-state index in [1.54, 1.807) is 0 Å². The van der Waals surface area contributed by atoms with Gasteiger partial charge in [0.2, 0.25) is 10.0 Å². The summed E-state index contributed by atoms with van der Waals surface area (Å²) in [5.41, 5.74) is 1.51. The SMILES string of the molecule is CC1CCc2c(sc(NS(=O)(=O)CCCl)c2C#N)C1. The van der Waals surface area contributed by atoms with Crippen LogP contribution in [0.1, 0.15) is 29.3 Å². The lowest BCUT2D eigenvalue weighted by Gasteiger charge is -2.17. The molecule has 0 aliphatic heterocycles. The molecule has 0 saturated carbocycles. The Kier molecular flexibility index (Phi) is 4.39. The molecule has 1 N–H and O–H groups in total. The average molecular weight is 319 g/mol. The van der Waals surface area contributed by atoms with E-state index in [9.17, 15) is 13.7 Å². The molecule has 0 aromatic carbocycles. The van der Waals surface area contributed by atoms with Crippen LogP contribution < -0.4 is 4.72 Å². The smallest absolute Gasteiger partial charge is 0.234 e. The van der Waals surface area contributed by atoms with Gasteiger partial charge in [-0.05, 0) is 30.7 Å². The fourth-order valence-corrected chi connectivity index (χ4v) is 5.29. The van der Waals surface area contributed by atoms with Crippen molar-refractivity contribution in [3.63, 3.8) is 0 Å². The maximum atomic E-state index is 11.7. The number of nitriles is 1. The van der Waals surface area contributed by atoms with Gasteiger partial charge in [-0.2, -0.15) is 5.26 Å². The van der Waals surface area contributed by atoms with Crippen LogP contribution >= 0.6 is 22.9 Å². The summed E-state index contributed by atoms with van der Waals surface area (Å²) in [7, 11) is -3.45. The number of anilines is 1. The van der Waals surface area contributed by atoms with Gasteiger partial charge in [-0.1, -0.05) is 6.92 Å². The molecule has 7 heteroatoms. The summed E-state index contributed by atoms with van der Waals surface area (Å²) in [5.74, 6) is 0.488. The van der Waals surface area contributed by atoms with E-state index < -0.39 is 10.0 Å². The average Bonchev–Trinajstić information content (AvgIpc) is 2.63. The third kappa shape index (κ3) is 3.22. The molecule has 0 saturated heterocycles. The van der Waals surface area contributed by atoms with E-state index in [4.69, 9.17) is 11.6 Å². The zero-order valence-electron chi connectivity index (χ0n) is 10.6. The van der Waals surface area contributed by atoms with Gasteiger partial charge in [0, 0.05) is 10.8 Å². The van der Waals surface area contributed by atoms with Crippen LogP contribution in [0.2, 0.25) is 0 Å². The molecule has 1 aliphatic carbocycles. The molecule has 1 aromatic heterocycles. The Morgan fingerprint density at radius 2 is 2.32 bits per heavy atom. The van der Waals surface area contributed by atoms with Gasteiger partial charge in [0.25, 0.3) is 0 Å². The quantitative estimate of drug-likeness (QED) is 0.868. The lowest BCUT2D eigenvalue weighted by atomic mass is 9.89. The van der Waals surface area contributed by atoms with Crippen LogP contribution in [0.3, 0.4) is 0 Å². The van der Waals surface area contributed by atoms with Gasteiger partial charge in [-0.15, -0.1) is 22.9 Å². The van der Waals surface area contributed by atoms with E-state index in [0.717, 1.165) is 29.7 Å². The number of halogens is 1. The molecular formula is C12H15ClN2O2S2. The van der Waals surface area contributed by atoms with Crippen molar-refractivity contribution in [2.45, 2.75) is 26.2 Å². The zero-order chi connectivity index (χ0) is 14.0. The molecule has 1 aromatic rings. The minimum Gasteiger partial charge on any atom is -0.273 e. The Balaban J connectivity index is 2.35. The Labute approximate surface area is 122 Å². The van der Waals surface area contributed by atoms with Crippen molar-refractivity contribution in [2.24, 2.45) is 5.92 Å². The van der Waals surface area contributed by atoms with Crippen molar-refractivity contribution in [3.8, 4) is 6.07 Å². The lowest BCUT2D eigenvalue weighted by Crippen LogP contribution is -2.17. The largest absolute Gasteiger partial charge is 0.273 e. The van der Waals surface area contributed by atoms with E-state index in [1.807, 2.05) is 0 Å². The van der Waals surface area contributed by atoms with Gasteiger partial charge in [0.05, 0.1) is 11.3 Å². The van der Waals surface area contributed by atoms with Crippen molar-refractivity contribution in [2.75, 3.05) is 16.4 Å².